The molecule has 2 heterocycles. The molecule has 24 heavy (non-hydrogen) atoms. The lowest BCUT2D eigenvalue weighted by atomic mass is 9.78. The van der Waals surface area contributed by atoms with Crippen LogP contribution in [0, 0.1) is 11.8 Å². The molecule has 2 fully saturated rings. The second-order valence-electron chi connectivity index (χ2n) is 7.16. The van der Waals surface area contributed by atoms with Crippen molar-refractivity contribution in [3.63, 3.8) is 0 Å². The first-order chi connectivity index (χ1) is 11.7. The van der Waals surface area contributed by atoms with Crippen molar-refractivity contribution in [3.8, 4) is 11.3 Å². The van der Waals surface area contributed by atoms with E-state index >= 15 is 0 Å². The maximum atomic E-state index is 13.0. The molecule has 1 amide bonds. The molecule has 2 atom stereocenters. The second kappa shape index (κ2) is 6.27. The molecule has 124 valence electrons. The standard InChI is InChI=1S/C20H23N3O/c21-18-7-8-22-19(11-18)16-5-2-6-17(10-16)20(24)23-12-14-3-1-4-15(9-14)13-23/h2,5-8,10-11,14-15H,1,3-4,9,12-13H2,(H2,21,22)/t14-,15+. The van der Waals surface area contributed by atoms with Crippen LogP contribution in [0.3, 0.4) is 0 Å². The molecule has 1 saturated carbocycles. The molecule has 4 nitrogen and oxygen atoms in total. The van der Waals surface area contributed by atoms with E-state index in [-0.39, 0.29) is 5.91 Å². The molecule has 1 saturated heterocycles. The summed E-state index contributed by atoms with van der Waals surface area (Å²) in [6.45, 7) is 1.83. The topological polar surface area (TPSA) is 59.2 Å². The third kappa shape index (κ3) is 3.01. The Balaban J connectivity index is 1.58. The molecule has 0 unspecified atom stereocenters. The third-order valence-corrected chi connectivity index (χ3v) is 5.33. The number of pyridine rings is 1. The number of rotatable bonds is 2. The van der Waals surface area contributed by atoms with E-state index < -0.39 is 0 Å². The Morgan fingerprint density at radius 2 is 1.92 bits per heavy atom. The largest absolute Gasteiger partial charge is 0.399 e. The fourth-order valence-corrected chi connectivity index (χ4v) is 4.20. The van der Waals surface area contributed by atoms with Crippen LogP contribution >= 0.6 is 0 Å². The minimum Gasteiger partial charge on any atom is -0.399 e. The monoisotopic (exact) mass is 321 g/mol. The van der Waals surface area contributed by atoms with Crippen LogP contribution in [0.1, 0.15) is 36.0 Å². The van der Waals surface area contributed by atoms with E-state index in [1.54, 1.807) is 12.3 Å². The van der Waals surface area contributed by atoms with Crippen LogP contribution in [0.25, 0.3) is 11.3 Å². The Morgan fingerprint density at radius 1 is 1.12 bits per heavy atom. The molecule has 2 N–H and O–H groups in total. The van der Waals surface area contributed by atoms with Crippen LogP contribution in [0.4, 0.5) is 5.69 Å². The minimum atomic E-state index is 0.150. The molecule has 2 aliphatic rings. The Kier molecular flexibility index (Phi) is 3.97. The first-order valence-corrected chi connectivity index (χ1v) is 8.80. The predicted molar refractivity (Wildman–Crippen MR) is 95.4 cm³/mol. The summed E-state index contributed by atoms with van der Waals surface area (Å²) in [5.74, 6) is 1.54. The molecule has 2 aromatic rings. The van der Waals surface area contributed by atoms with Crippen LogP contribution in [0.2, 0.25) is 0 Å². The lowest BCUT2D eigenvalue weighted by Gasteiger charge is -2.41. The van der Waals surface area contributed by atoms with Gasteiger partial charge in [0.15, 0.2) is 0 Å². The van der Waals surface area contributed by atoms with Crippen LogP contribution < -0.4 is 5.73 Å². The lowest BCUT2D eigenvalue weighted by Crippen LogP contribution is -2.45. The molecule has 1 aliphatic carbocycles. The summed E-state index contributed by atoms with van der Waals surface area (Å²) in [6.07, 6.45) is 6.87. The van der Waals surface area contributed by atoms with Crippen LogP contribution in [0.5, 0.6) is 0 Å². The number of aromatic nitrogens is 1. The number of nitrogens with two attached hydrogens (primary N) is 1. The van der Waals surface area contributed by atoms with Gasteiger partial charge in [0.25, 0.3) is 5.91 Å². The molecule has 1 aromatic heterocycles. The van der Waals surface area contributed by atoms with Gasteiger partial charge in [-0.25, -0.2) is 0 Å². The second-order valence-corrected chi connectivity index (χ2v) is 7.16. The quantitative estimate of drug-likeness (QED) is 0.919. The Morgan fingerprint density at radius 3 is 2.67 bits per heavy atom. The number of nitrogens with zero attached hydrogens (tertiary/aromatic N) is 2. The van der Waals surface area contributed by atoms with Crippen molar-refractivity contribution in [2.45, 2.75) is 25.7 Å². The van der Waals surface area contributed by atoms with Crippen molar-refractivity contribution >= 4 is 11.6 Å². The van der Waals surface area contributed by atoms with Gasteiger partial charge in [0.2, 0.25) is 0 Å². The number of anilines is 1. The van der Waals surface area contributed by atoms with Gasteiger partial charge in [-0.2, -0.15) is 0 Å². The highest BCUT2D eigenvalue weighted by molar-refractivity contribution is 5.95. The maximum Gasteiger partial charge on any atom is 0.253 e. The summed E-state index contributed by atoms with van der Waals surface area (Å²) in [4.78, 5) is 19.4. The highest BCUT2D eigenvalue weighted by Crippen LogP contribution is 2.35. The fraction of sp³-hybridized carbons (Fsp3) is 0.400. The molecular formula is C20H23N3O. The van der Waals surface area contributed by atoms with Crippen molar-refractivity contribution < 1.29 is 4.79 Å². The van der Waals surface area contributed by atoms with Crippen LogP contribution in [-0.4, -0.2) is 28.9 Å². The van der Waals surface area contributed by atoms with E-state index in [9.17, 15) is 4.79 Å². The number of carbonyl (C=O) groups is 1. The smallest absolute Gasteiger partial charge is 0.253 e. The fourth-order valence-electron chi connectivity index (χ4n) is 4.20. The predicted octanol–water partition coefficient (Wildman–Crippen LogP) is 3.59. The number of carbonyl (C=O) groups excluding carboxylic acids is 1. The van der Waals surface area contributed by atoms with E-state index in [2.05, 4.69) is 9.88 Å². The molecule has 1 aliphatic heterocycles. The van der Waals surface area contributed by atoms with Crippen molar-refractivity contribution in [2.75, 3.05) is 18.8 Å². The van der Waals surface area contributed by atoms with Crippen LogP contribution in [0.15, 0.2) is 42.6 Å². The molecule has 4 heteroatoms. The summed E-state index contributed by atoms with van der Waals surface area (Å²) >= 11 is 0. The van der Waals surface area contributed by atoms with E-state index in [0.29, 0.717) is 17.5 Å². The first-order valence-electron chi connectivity index (χ1n) is 8.80. The molecular weight excluding hydrogens is 298 g/mol. The van der Waals surface area contributed by atoms with Gasteiger partial charge in [-0.15, -0.1) is 0 Å². The molecule has 1 aromatic carbocycles. The Bertz CT molecular complexity index is 746. The van der Waals surface area contributed by atoms with Gasteiger partial charge < -0.3 is 10.6 Å². The molecule has 0 spiro atoms. The number of hydrogen-bond acceptors (Lipinski definition) is 3. The number of likely N-dealkylation sites (tertiary alicyclic amines) is 1. The molecule has 2 bridgehead atoms. The van der Waals surface area contributed by atoms with Crippen molar-refractivity contribution in [2.24, 2.45) is 11.8 Å². The average molecular weight is 321 g/mol. The summed E-state index contributed by atoms with van der Waals surface area (Å²) in [6, 6.07) is 11.4. The SMILES string of the molecule is Nc1ccnc(-c2cccc(C(=O)N3C[C@@H]4CCC[C@@H](C4)C3)c2)c1. The van der Waals surface area contributed by atoms with Crippen molar-refractivity contribution in [1.29, 1.82) is 0 Å². The zero-order valence-corrected chi connectivity index (χ0v) is 13.8. The van der Waals surface area contributed by atoms with Gasteiger partial charge in [-0.05, 0) is 55.4 Å². The number of benzene rings is 1. The average Bonchev–Trinajstić information content (AvgIpc) is 2.61. The van der Waals surface area contributed by atoms with Gasteiger partial charge in [-0.3, -0.25) is 9.78 Å². The Hall–Kier alpha value is -2.36. The zero-order valence-electron chi connectivity index (χ0n) is 13.8. The Labute approximate surface area is 142 Å². The van der Waals surface area contributed by atoms with Crippen LogP contribution in [-0.2, 0) is 0 Å². The molecule has 0 radical (unpaired) electrons. The van der Waals surface area contributed by atoms with E-state index in [4.69, 9.17) is 5.73 Å². The summed E-state index contributed by atoms with van der Waals surface area (Å²) in [7, 11) is 0. The van der Waals surface area contributed by atoms with E-state index in [1.807, 2.05) is 30.3 Å². The van der Waals surface area contributed by atoms with Gasteiger partial charge in [0, 0.05) is 36.1 Å². The number of hydrogen-bond donors (Lipinski definition) is 1. The highest BCUT2D eigenvalue weighted by Gasteiger charge is 2.32. The lowest BCUT2D eigenvalue weighted by molar-refractivity contribution is 0.0504. The van der Waals surface area contributed by atoms with Crippen molar-refractivity contribution in [1.82, 2.24) is 9.88 Å². The molecule has 4 rings (SSSR count). The van der Waals surface area contributed by atoms with Crippen molar-refractivity contribution in [3.05, 3.63) is 48.2 Å². The zero-order chi connectivity index (χ0) is 16.5. The summed E-state index contributed by atoms with van der Waals surface area (Å²) in [5.41, 5.74) is 9.02. The highest BCUT2D eigenvalue weighted by atomic mass is 16.2. The summed E-state index contributed by atoms with van der Waals surface area (Å²) < 4.78 is 0. The van der Waals surface area contributed by atoms with Gasteiger partial charge in [-0.1, -0.05) is 18.6 Å². The number of nitrogen functional groups attached to an aromatic ring is 1. The van der Waals surface area contributed by atoms with E-state index in [1.165, 1.54) is 25.7 Å². The van der Waals surface area contributed by atoms with Gasteiger partial charge >= 0.3 is 0 Å². The van der Waals surface area contributed by atoms with Gasteiger partial charge in [0.05, 0.1) is 5.69 Å². The van der Waals surface area contributed by atoms with E-state index in [0.717, 1.165) is 29.9 Å². The first kappa shape index (κ1) is 15.2. The minimum absolute atomic E-state index is 0.150. The maximum absolute atomic E-state index is 13.0. The van der Waals surface area contributed by atoms with Gasteiger partial charge in [0.1, 0.15) is 0 Å². The number of fused-ring (bicyclic) bond motifs is 2. The number of amides is 1. The third-order valence-electron chi connectivity index (χ3n) is 5.33. The number of piperidine rings is 1. The summed E-state index contributed by atoms with van der Waals surface area (Å²) in [5, 5.41) is 0. The normalized spacial score (nSPS) is 23.1.